The zero-order chi connectivity index (χ0) is 14.1. The molecule has 1 aromatic carbocycles. The van der Waals surface area contributed by atoms with Crippen molar-refractivity contribution in [1.29, 1.82) is 0 Å². The van der Waals surface area contributed by atoms with Gasteiger partial charge in [0.2, 0.25) is 0 Å². The van der Waals surface area contributed by atoms with Gasteiger partial charge in [0.15, 0.2) is 0 Å². The first-order chi connectivity index (χ1) is 9.24. The Balaban J connectivity index is 2.69. The van der Waals surface area contributed by atoms with Crippen molar-refractivity contribution in [1.82, 2.24) is 4.90 Å². The van der Waals surface area contributed by atoms with Crippen molar-refractivity contribution in [2.24, 2.45) is 0 Å². The summed E-state index contributed by atoms with van der Waals surface area (Å²) in [5.41, 5.74) is 2.18. The van der Waals surface area contributed by atoms with Gasteiger partial charge in [-0.1, -0.05) is 36.9 Å². The quantitative estimate of drug-likeness (QED) is 0.609. The van der Waals surface area contributed by atoms with Gasteiger partial charge in [0.1, 0.15) is 0 Å². The zero-order valence-corrected chi connectivity index (χ0v) is 11.2. The normalized spacial score (nSPS) is 12.6. The summed E-state index contributed by atoms with van der Waals surface area (Å²) in [7, 11) is 0. The van der Waals surface area contributed by atoms with E-state index in [9.17, 15) is 5.11 Å². The molecule has 0 radical (unpaired) electrons. The van der Waals surface area contributed by atoms with Gasteiger partial charge >= 0.3 is 0 Å². The molecule has 1 rings (SSSR count). The van der Waals surface area contributed by atoms with Crippen LogP contribution >= 0.6 is 0 Å². The first-order valence-electron chi connectivity index (χ1n) is 6.53. The fourth-order valence-electron chi connectivity index (χ4n) is 2.10. The van der Waals surface area contributed by atoms with Crippen LogP contribution < -0.4 is 0 Å². The van der Waals surface area contributed by atoms with Crippen LogP contribution in [0.3, 0.4) is 0 Å². The Morgan fingerprint density at radius 2 is 1.63 bits per heavy atom. The standard InChI is InChI=1S/C15H23NO3/c1-2-13-3-5-14(6-4-13)11-15(12-19)16(7-9-17)8-10-18/h2-6,15,17-19H,1,7-12H2. The Bertz CT molecular complexity index is 358. The Labute approximate surface area is 114 Å². The largest absolute Gasteiger partial charge is 0.395 e. The van der Waals surface area contributed by atoms with Gasteiger partial charge in [-0.25, -0.2) is 0 Å². The van der Waals surface area contributed by atoms with Crippen molar-refractivity contribution in [3.05, 3.63) is 42.0 Å². The van der Waals surface area contributed by atoms with Gasteiger partial charge < -0.3 is 15.3 Å². The molecule has 0 aliphatic carbocycles. The molecule has 1 atom stereocenters. The van der Waals surface area contributed by atoms with Crippen LogP contribution in [0, 0.1) is 0 Å². The predicted molar refractivity (Wildman–Crippen MR) is 76.9 cm³/mol. The molecule has 0 aliphatic heterocycles. The van der Waals surface area contributed by atoms with Crippen LogP contribution in [0.15, 0.2) is 30.8 Å². The van der Waals surface area contributed by atoms with Crippen LogP contribution in [0.1, 0.15) is 11.1 Å². The fourth-order valence-corrected chi connectivity index (χ4v) is 2.10. The number of aliphatic hydroxyl groups is 3. The number of hydrogen-bond donors (Lipinski definition) is 3. The molecule has 0 saturated heterocycles. The highest BCUT2D eigenvalue weighted by Gasteiger charge is 2.17. The summed E-state index contributed by atoms with van der Waals surface area (Å²) in [5.74, 6) is 0. The summed E-state index contributed by atoms with van der Waals surface area (Å²) in [6.07, 6.45) is 2.48. The lowest BCUT2D eigenvalue weighted by Crippen LogP contribution is -2.42. The Morgan fingerprint density at radius 3 is 2.05 bits per heavy atom. The average Bonchev–Trinajstić information content (AvgIpc) is 2.45. The molecule has 106 valence electrons. The maximum Gasteiger partial charge on any atom is 0.0590 e. The Hall–Kier alpha value is -1.20. The molecule has 0 aliphatic rings. The second-order valence-electron chi connectivity index (χ2n) is 4.47. The van der Waals surface area contributed by atoms with Crippen LogP contribution in [0.25, 0.3) is 6.08 Å². The van der Waals surface area contributed by atoms with Crippen molar-refractivity contribution in [2.75, 3.05) is 32.9 Å². The first-order valence-corrected chi connectivity index (χ1v) is 6.53. The lowest BCUT2D eigenvalue weighted by Gasteiger charge is -2.29. The van der Waals surface area contributed by atoms with Crippen LogP contribution in [0.2, 0.25) is 0 Å². The van der Waals surface area contributed by atoms with E-state index < -0.39 is 0 Å². The zero-order valence-electron chi connectivity index (χ0n) is 11.2. The van der Waals surface area contributed by atoms with Gasteiger partial charge in [0, 0.05) is 19.1 Å². The molecule has 4 heteroatoms. The van der Waals surface area contributed by atoms with Crippen molar-refractivity contribution in [3.8, 4) is 0 Å². The molecule has 1 unspecified atom stereocenters. The summed E-state index contributed by atoms with van der Waals surface area (Å²) < 4.78 is 0. The summed E-state index contributed by atoms with van der Waals surface area (Å²) in [4.78, 5) is 1.90. The minimum atomic E-state index is -0.0890. The molecule has 0 saturated carbocycles. The second-order valence-corrected chi connectivity index (χ2v) is 4.47. The maximum atomic E-state index is 9.49. The highest BCUT2D eigenvalue weighted by Crippen LogP contribution is 2.11. The van der Waals surface area contributed by atoms with E-state index in [0.717, 1.165) is 11.1 Å². The van der Waals surface area contributed by atoms with Gasteiger partial charge in [-0.15, -0.1) is 0 Å². The molecule has 19 heavy (non-hydrogen) atoms. The van der Waals surface area contributed by atoms with Crippen LogP contribution in [-0.2, 0) is 6.42 Å². The third kappa shape index (κ3) is 5.12. The van der Waals surface area contributed by atoms with E-state index in [1.165, 1.54) is 0 Å². The van der Waals surface area contributed by atoms with E-state index in [1.807, 2.05) is 29.2 Å². The van der Waals surface area contributed by atoms with Gasteiger partial charge in [0.25, 0.3) is 0 Å². The fraction of sp³-hybridized carbons (Fsp3) is 0.467. The van der Waals surface area contributed by atoms with Crippen LogP contribution in [-0.4, -0.2) is 59.2 Å². The van der Waals surface area contributed by atoms with Crippen LogP contribution in [0.4, 0.5) is 0 Å². The summed E-state index contributed by atoms with van der Waals surface area (Å²) in [5, 5.41) is 27.5. The minimum absolute atomic E-state index is 0.00318. The Kier molecular flexibility index (Phi) is 7.36. The molecule has 0 spiro atoms. The van der Waals surface area contributed by atoms with Crippen molar-refractivity contribution in [2.45, 2.75) is 12.5 Å². The molecule has 1 aromatic rings. The molecule has 0 fully saturated rings. The number of hydrogen-bond acceptors (Lipinski definition) is 4. The number of nitrogens with zero attached hydrogens (tertiary/aromatic N) is 1. The lowest BCUT2D eigenvalue weighted by atomic mass is 10.0. The average molecular weight is 265 g/mol. The Morgan fingerprint density at radius 1 is 1.05 bits per heavy atom. The maximum absolute atomic E-state index is 9.49. The lowest BCUT2D eigenvalue weighted by molar-refractivity contribution is 0.0840. The number of aliphatic hydroxyl groups excluding tert-OH is 3. The highest BCUT2D eigenvalue weighted by atomic mass is 16.3. The summed E-state index contributed by atoms with van der Waals surface area (Å²) in [6.45, 7) is 4.66. The molecular weight excluding hydrogens is 242 g/mol. The molecule has 3 N–H and O–H groups in total. The molecule has 4 nitrogen and oxygen atoms in total. The van der Waals surface area contributed by atoms with E-state index in [4.69, 9.17) is 10.2 Å². The minimum Gasteiger partial charge on any atom is -0.395 e. The van der Waals surface area contributed by atoms with E-state index in [1.54, 1.807) is 6.08 Å². The van der Waals surface area contributed by atoms with Crippen molar-refractivity contribution >= 4 is 6.08 Å². The van der Waals surface area contributed by atoms with E-state index >= 15 is 0 Å². The van der Waals surface area contributed by atoms with E-state index in [-0.39, 0.29) is 25.9 Å². The van der Waals surface area contributed by atoms with Crippen molar-refractivity contribution < 1.29 is 15.3 Å². The highest BCUT2D eigenvalue weighted by molar-refractivity contribution is 5.47. The molecule has 0 bridgehead atoms. The van der Waals surface area contributed by atoms with Gasteiger partial charge in [-0.05, 0) is 17.5 Å². The van der Waals surface area contributed by atoms with Crippen LogP contribution in [0.5, 0.6) is 0 Å². The third-order valence-electron chi connectivity index (χ3n) is 3.19. The summed E-state index contributed by atoms with van der Waals surface area (Å²) >= 11 is 0. The van der Waals surface area contributed by atoms with E-state index in [2.05, 4.69) is 6.58 Å². The van der Waals surface area contributed by atoms with Gasteiger partial charge in [-0.3, -0.25) is 4.90 Å². The third-order valence-corrected chi connectivity index (χ3v) is 3.19. The molecule has 0 heterocycles. The number of benzene rings is 1. The van der Waals surface area contributed by atoms with E-state index in [0.29, 0.717) is 19.5 Å². The van der Waals surface area contributed by atoms with Gasteiger partial charge in [-0.2, -0.15) is 0 Å². The smallest absolute Gasteiger partial charge is 0.0590 e. The SMILES string of the molecule is C=Cc1ccc(CC(CO)N(CCO)CCO)cc1. The molecule has 0 aromatic heterocycles. The molecule has 0 amide bonds. The first kappa shape index (κ1) is 15.9. The summed E-state index contributed by atoms with van der Waals surface area (Å²) in [6, 6.07) is 7.90. The second kappa shape index (κ2) is 8.82. The van der Waals surface area contributed by atoms with Crippen molar-refractivity contribution in [3.63, 3.8) is 0 Å². The predicted octanol–water partition coefficient (Wildman–Crippen LogP) is 0.520. The topological polar surface area (TPSA) is 63.9 Å². The number of rotatable bonds is 9. The monoisotopic (exact) mass is 265 g/mol. The van der Waals surface area contributed by atoms with Gasteiger partial charge in [0.05, 0.1) is 19.8 Å². The molecular formula is C15H23NO3.